The molecule has 0 amide bonds. The highest BCUT2D eigenvalue weighted by atomic mass is 32.1. The summed E-state index contributed by atoms with van der Waals surface area (Å²) in [5.74, 6) is 1.91. The lowest BCUT2D eigenvalue weighted by Crippen LogP contribution is -2.45. The van der Waals surface area contributed by atoms with Crippen LogP contribution in [-0.2, 0) is 6.54 Å². The molecule has 0 saturated carbocycles. The summed E-state index contributed by atoms with van der Waals surface area (Å²) in [6.07, 6.45) is 2.55. The zero-order valence-electron chi connectivity index (χ0n) is 10.6. The summed E-state index contributed by atoms with van der Waals surface area (Å²) in [4.78, 5) is 6.74. The first-order valence-electron chi connectivity index (χ1n) is 6.26. The van der Waals surface area contributed by atoms with Crippen LogP contribution in [0.3, 0.4) is 0 Å². The Kier molecular flexibility index (Phi) is 4.42. The average molecular weight is 251 g/mol. The number of hydrogen-bond donors (Lipinski definition) is 1. The number of likely N-dealkylation sites (tertiary alicyclic amines) is 1. The predicted octanol–water partition coefficient (Wildman–Crippen LogP) is 2.56. The molecule has 0 unspecified atom stereocenters. The molecule has 2 heterocycles. The Labute approximate surface area is 108 Å². The zero-order chi connectivity index (χ0) is 12.1. The summed E-state index contributed by atoms with van der Waals surface area (Å²) < 4.78 is 0. The second-order valence-corrected chi connectivity index (χ2v) is 5.48. The van der Waals surface area contributed by atoms with Crippen molar-refractivity contribution in [1.82, 2.24) is 10.2 Å². The van der Waals surface area contributed by atoms with Crippen LogP contribution in [0.1, 0.15) is 25.3 Å². The Morgan fingerprint density at radius 1 is 1.53 bits per heavy atom. The van der Waals surface area contributed by atoms with E-state index in [-0.39, 0.29) is 0 Å². The molecule has 1 aromatic rings. The van der Waals surface area contributed by atoms with Gasteiger partial charge in [0.05, 0.1) is 0 Å². The molecule has 0 aromatic carbocycles. The van der Waals surface area contributed by atoms with Gasteiger partial charge in [0.15, 0.2) is 5.96 Å². The Morgan fingerprint density at radius 2 is 2.29 bits per heavy atom. The number of nitrogens with one attached hydrogen (secondary N) is 1. The average Bonchev–Trinajstić information content (AvgIpc) is 2.85. The molecule has 1 aliphatic heterocycles. The lowest BCUT2D eigenvalue weighted by molar-refractivity contribution is 0.273. The van der Waals surface area contributed by atoms with Crippen molar-refractivity contribution in [3.05, 3.63) is 22.4 Å². The Bertz CT molecular complexity index is 351. The second kappa shape index (κ2) is 6.05. The molecule has 0 aliphatic carbocycles. The Morgan fingerprint density at radius 3 is 2.88 bits per heavy atom. The predicted molar refractivity (Wildman–Crippen MR) is 74.5 cm³/mol. The molecule has 4 heteroatoms. The van der Waals surface area contributed by atoms with Crippen molar-refractivity contribution in [2.24, 2.45) is 10.9 Å². The normalized spacial score (nSPS) is 18.5. The van der Waals surface area contributed by atoms with Crippen molar-refractivity contribution in [1.29, 1.82) is 0 Å². The van der Waals surface area contributed by atoms with Crippen molar-refractivity contribution in [2.75, 3.05) is 20.1 Å². The van der Waals surface area contributed by atoms with E-state index in [1.807, 2.05) is 7.05 Å². The summed E-state index contributed by atoms with van der Waals surface area (Å²) in [5.41, 5.74) is 1.33. The van der Waals surface area contributed by atoms with E-state index < -0.39 is 0 Å². The quantitative estimate of drug-likeness (QED) is 0.646. The van der Waals surface area contributed by atoms with Crippen LogP contribution < -0.4 is 5.32 Å². The summed E-state index contributed by atoms with van der Waals surface area (Å²) >= 11 is 1.74. The Hall–Kier alpha value is -1.03. The van der Waals surface area contributed by atoms with Crippen molar-refractivity contribution in [3.8, 4) is 0 Å². The third-order valence-corrected chi connectivity index (χ3v) is 4.06. The van der Waals surface area contributed by atoms with Crippen molar-refractivity contribution < 1.29 is 0 Å². The maximum atomic E-state index is 4.37. The van der Waals surface area contributed by atoms with Gasteiger partial charge in [0.2, 0.25) is 0 Å². The molecule has 94 valence electrons. The topological polar surface area (TPSA) is 27.6 Å². The molecule has 1 aliphatic rings. The van der Waals surface area contributed by atoms with Crippen molar-refractivity contribution in [3.63, 3.8) is 0 Å². The van der Waals surface area contributed by atoms with E-state index in [0.717, 1.165) is 31.5 Å². The fraction of sp³-hybridized carbons (Fsp3) is 0.615. The standard InChI is InChI=1S/C13H21N3S/c1-11-3-6-16(7-4-11)13(14-2)15-9-12-5-8-17-10-12/h5,8,10-11H,3-4,6-7,9H2,1-2H3,(H,14,15). The molecule has 1 saturated heterocycles. The van der Waals surface area contributed by atoms with Crippen molar-refractivity contribution in [2.45, 2.75) is 26.3 Å². The largest absolute Gasteiger partial charge is 0.352 e. The highest BCUT2D eigenvalue weighted by molar-refractivity contribution is 7.07. The van der Waals surface area contributed by atoms with Crippen LogP contribution in [0.15, 0.2) is 21.8 Å². The zero-order valence-corrected chi connectivity index (χ0v) is 11.5. The molecule has 17 heavy (non-hydrogen) atoms. The van der Waals surface area contributed by atoms with Gasteiger partial charge in [-0.3, -0.25) is 4.99 Å². The van der Waals surface area contributed by atoms with Gasteiger partial charge in [-0.25, -0.2) is 0 Å². The number of guanidine groups is 1. The van der Waals surface area contributed by atoms with Gasteiger partial charge in [0.25, 0.3) is 0 Å². The number of thiophene rings is 1. The monoisotopic (exact) mass is 251 g/mol. The number of rotatable bonds is 2. The molecular weight excluding hydrogens is 230 g/mol. The summed E-state index contributed by atoms with van der Waals surface area (Å²) in [5, 5.41) is 7.73. The molecule has 0 bridgehead atoms. The fourth-order valence-corrected chi connectivity index (χ4v) is 2.80. The highest BCUT2D eigenvalue weighted by Crippen LogP contribution is 2.16. The minimum absolute atomic E-state index is 0.862. The van der Waals surface area contributed by atoms with Crippen LogP contribution in [0.2, 0.25) is 0 Å². The minimum atomic E-state index is 0.862. The van der Waals surface area contributed by atoms with Crippen LogP contribution >= 0.6 is 11.3 Å². The van der Waals surface area contributed by atoms with E-state index in [4.69, 9.17) is 0 Å². The van der Waals surface area contributed by atoms with E-state index in [1.165, 1.54) is 18.4 Å². The number of hydrogen-bond acceptors (Lipinski definition) is 2. The first kappa shape index (κ1) is 12.4. The van der Waals surface area contributed by atoms with Crippen LogP contribution in [0.5, 0.6) is 0 Å². The van der Waals surface area contributed by atoms with Crippen LogP contribution in [0, 0.1) is 5.92 Å². The third kappa shape index (κ3) is 3.46. The SMILES string of the molecule is CN=C(NCc1ccsc1)N1CCC(C)CC1. The van der Waals surface area contributed by atoms with Crippen LogP contribution in [0.25, 0.3) is 0 Å². The number of nitrogens with zero attached hydrogens (tertiary/aromatic N) is 2. The van der Waals surface area contributed by atoms with E-state index in [2.05, 4.69) is 39.0 Å². The van der Waals surface area contributed by atoms with Gasteiger partial charge >= 0.3 is 0 Å². The van der Waals surface area contributed by atoms with Crippen LogP contribution in [0.4, 0.5) is 0 Å². The molecule has 2 rings (SSSR count). The third-order valence-electron chi connectivity index (χ3n) is 3.33. The second-order valence-electron chi connectivity index (χ2n) is 4.70. The first-order chi connectivity index (χ1) is 8.29. The molecule has 1 N–H and O–H groups in total. The molecule has 1 aromatic heterocycles. The van der Waals surface area contributed by atoms with Gasteiger partial charge in [-0.05, 0) is 41.1 Å². The molecular formula is C13H21N3S. The minimum Gasteiger partial charge on any atom is -0.352 e. The molecule has 1 fully saturated rings. The van der Waals surface area contributed by atoms with Gasteiger partial charge in [-0.2, -0.15) is 11.3 Å². The molecule has 0 radical (unpaired) electrons. The Balaban J connectivity index is 1.85. The molecule has 3 nitrogen and oxygen atoms in total. The van der Waals surface area contributed by atoms with Gasteiger partial charge in [-0.1, -0.05) is 6.92 Å². The maximum Gasteiger partial charge on any atom is 0.193 e. The number of aliphatic imine (C=N–C) groups is 1. The lowest BCUT2D eigenvalue weighted by atomic mass is 10.00. The number of piperidine rings is 1. The summed E-state index contributed by atoms with van der Waals surface area (Å²) in [6.45, 7) is 5.47. The van der Waals surface area contributed by atoms with E-state index in [9.17, 15) is 0 Å². The van der Waals surface area contributed by atoms with E-state index >= 15 is 0 Å². The first-order valence-corrected chi connectivity index (χ1v) is 7.20. The van der Waals surface area contributed by atoms with Crippen LogP contribution in [-0.4, -0.2) is 31.0 Å². The molecule has 0 atom stereocenters. The smallest absolute Gasteiger partial charge is 0.193 e. The van der Waals surface area contributed by atoms with Gasteiger partial charge in [0.1, 0.15) is 0 Å². The molecule has 0 spiro atoms. The summed E-state index contributed by atoms with van der Waals surface area (Å²) in [6, 6.07) is 2.16. The van der Waals surface area contributed by atoms with E-state index in [0.29, 0.717) is 0 Å². The fourth-order valence-electron chi connectivity index (χ4n) is 2.13. The highest BCUT2D eigenvalue weighted by Gasteiger charge is 2.18. The van der Waals surface area contributed by atoms with Crippen molar-refractivity contribution >= 4 is 17.3 Å². The van der Waals surface area contributed by atoms with E-state index in [1.54, 1.807) is 11.3 Å². The van der Waals surface area contributed by atoms with Gasteiger partial charge in [0, 0.05) is 26.7 Å². The summed E-state index contributed by atoms with van der Waals surface area (Å²) in [7, 11) is 1.87. The lowest BCUT2D eigenvalue weighted by Gasteiger charge is -2.32. The maximum absolute atomic E-state index is 4.37. The van der Waals surface area contributed by atoms with Gasteiger partial charge < -0.3 is 10.2 Å². The van der Waals surface area contributed by atoms with Gasteiger partial charge in [-0.15, -0.1) is 0 Å².